The molecule has 0 spiro atoms. The van der Waals surface area contributed by atoms with E-state index in [4.69, 9.17) is 0 Å². The molecule has 0 heterocycles. The molecule has 0 atom stereocenters. The maximum Gasteiger partial charge on any atom is 0.401 e. The van der Waals surface area contributed by atoms with E-state index in [0.29, 0.717) is 25.1 Å². The normalized spacial score (nSPS) is 17.1. The molecule has 0 saturated heterocycles. The van der Waals surface area contributed by atoms with Crippen LogP contribution in [-0.4, -0.2) is 56.3 Å². The maximum absolute atomic E-state index is 12.1. The number of aliphatic imine (C=N–C) groups is 1. The number of rotatable bonds is 6. The minimum Gasteiger partial charge on any atom is -0.357 e. The van der Waals surface area contributed by atoms with E-state index in [9.17, 15) is 13.2 Å². The van der Waals surface area contributed by atoms with Gasteiger partial charge in [-0.2, -0.15) is 13.2 Å². The Morgan fingerprint density at radius 1 is 1.39 bits per heavy atom. The average Bonchev–Trinajstić information content (AvgIpc) is 2.99. The van der Waals surface area contributed by atoms with Gasteiger partial charge in [0.2, 0.25) is 0 Å². The Labute approximate surface area is 106 Å². The summed E-state index contributed by atoms with van der Waals surface area (Å²) in [7, 11) is 1.45. The van der Waals surface area contributed by atoms with Crippen LogP contribution in [0.15, 0.2) is 4.99 Å². The zero-order chi connectivity index (χ0) is 13.6. The molecular formula is C11H21F3N4. The van der Waals surface area contributed by atoms with Gasteiger partial charge in [-0.1, -0.05) is 0 Å². The van der Waals surface area contributed by atoms with Crippen molar-refractivity contribution < 1.29 is 13.2 Å². The van der Waals surface area contributed by atoms with Gasteiger partial charge in [0.05, 0.1) is 13.1 Å². The summed E-state index contributed by atoms with van der Waals surface area (Å²) in [5.41, 5.74) is 0. The van der Waals surface area contributed by atoms with E-state index in [1.807, 2.05) is 6.92 Å². The Kier molecular flexibility index (Phi) is 5.71. The van der Waals surface area contributed by atoms with Crippen molar-refractivity contribution >= 4 is 5.96 Å². The fourth-order valence-corrected chi connectivity index (χ4v) is 1.46. The zero-order valence-corrected chi connectivity index (χ0v) is 10.8. The number of halogens is 3. The van der Waals surface area contributed by atoms with Crippen molar-refractivity contribution in [3.63, 3.8) is 0 Å². The van der Waals surface area contributed by atoms with E-state index in [1.54, 1.807) is 0 Å². The fraction of sp³-hybridized carbons (Fsp3) is 0.909. The van der Waals surface area contributed by atoms with E-state index in [-0.39, 0.29) is 0 Å². The fourth-order valence-electron chi connectivity index (χ4n) is 1.46. The molecule has 0 aromatic heterocycles. The molecule has 0 unspecified atom stereocenters. The Morgan fingerprint density at radius 2 is 2.06 bits per heavy atom. The van der Waals surface area contributed by atoms with Crippen LogP contribution in [0.5, 0.6) is 0 Å². The standard InChI is InChI=1S/C11H21F3N4/c1-3-15-10(17-9-4-5-9)16-6-7-18(2)8-11(12,13)14/h9H,3-8H2,1-2H3,(H2,15,16,17). The number of hydrogen-bond donors (Lipinski definition) is 2. The highest BCUT2D eigenvalue weighted by atomic mass is 19.4. The van der Waals surface area contributed by atoms with Gasteiger partial charge in [-0.05, 0) is 26.8 Å². The summed E-state index contributed by atoms with van der Waals surface area (Å²) in [4.78, 5) is 5.48. The summed E-state index contributed by atoms with van der Waals surface area (Å²) in [6, 6.07) is 0.482. The highest BCUT2D eigenvalue weighted by Crippen LogP contribution is 2.18. The Hall–Kier alpha value is -0.980. The number of nitrogens with one attached hydrogen (secondary N) is 2. The van der Waals surface area contributed by atoms with E-state index < -0.39 is 12.7 Å². The van der Waals surface area contributed by atoms with Crippen molar-refractivity contribution in [1.29, 1.82) is 0 Å². The first kappa shape index (κ1) is 15.1. The molecule has 1 aliphatic carbocycles. The van der Waals surface area contributed by atoms with Crippen LogP contribution in [0.3, 0.4) is 0 Å². The van der Waals surface area contributed by atoms with Crippen LogP contribution < -0.4 is 10.6 Å². The van der Waals surface area contributed by atoms with Crippen LogP contribution in [0.25, 0.3) is 0 Å². The third-order valence-electron chi connectivity index (χ3n) is 2.46. The summed E-state index contributed by atoms with van der Waals surface area (Å²) in [5, 5.41) is 6.29. The molecule has 2 N–H and O–H groups in total. The van der Waals surface area contributed by atoms with Crippen LogP contribution >= 0.6 is 0 Å². The van der Waals surface area contributed by atoms with Gasteiger partial charge >= 0.3 is 6.18 Å². The molecular weight excluding hydrogens is 245 g/mol. The predicted molar refractivity (Wildman–Crippen MR) is 65.7 cm³/mol. The van der Waals surface area contributed by atoms with E-state index >= 15 is 0 Å². The van der Waals surface area contributed by atoms with Gasteiger partial charge in [0, 0.05) is 19.1 Å². The third kappa shape index (κ3) is 7.37. The van der Waals surface area contributed by atoms with Crippen LogP contribution in [0.2, 0.25) is 0 Å². The number of likely N-dealkylation sites (N-methyl/N-ethyl adjacent to an activating group) is 1. The van der Waals surface area contributed by atoms with Crippen molar-refractivity contribution in [2.24, 2.45) is 4.99 Å². The number of nitrogens with zero attached hydrogens (tertiary/aromatic N) is 2. The summed E-state index contributed by atoms with van der Waals surface area (Å²) >= 11 is 0. The minimum absolute atomic E-state index is 0.292. The Morgan fingerprint density at radius 3 is 2.56 bits per heavy atom. The van der Waals surface area contributed by atoms with Crippen molar-refractivity contribution in [2.45, 2.75) is 32.0 Å². The Balaban J connectivity index is 2.26. The third-order valence-corrected chi connectivity index (χ3v) is 2.46. The van der Waals surface area contributed by atoms with Crippen LogP contribution in [0.4, 0.5) is 13.2 Å². The smallest absolute Gasteiger partial charge is 0.357 e. The topological polar surface area (TPSA) is 39.7 Å². The van der Waals surface area contributed by atoms with Crippen molar-refractivity contribution in [1.82, 2.24) is 15.5 Å². The number of guanidine groups is 1. The molecule has 7 heteroatoms. The highest BCUT2D eigenvalue weighted by Gasteiger charge is 2.28. The SMILES string of the molecule is CCNC(=NCCN(C)CC(F)(F)F)NC1CC1. The molecule has 1 saturated carbocycles. The minimum atomic E-state index is -4.14. The monoisotopic (exact) mass is 266 g/mol. The lowest BCUT2D eigenvalue weighted by Gasteiger charge is -2.17. The first-order valence-corrected chi connectivity index (χ1v) is 6.21. The summed E-state index contributed by atoms with van der Waals surface area (Å²) in [6.45, 7) is 2.46. The maximum atomic E-state index is 12.1. The second-order valence-corrected chi connectivity index (χ2v) is 4.53. The summed E-state index contributed by atoms with van der Waals surface area (Å²) in [6.07, 6.45) is -1.87. The van der Waals surface area contributed by atoms with Gasteiger partial charge in [0.1, 0.15) is 0 Å². The first-order chi connectivity index (χ1) is 8.40. The summed E-state index contributed by atoms with van der Waals surface area (Å²) in [5.74, 6) is 0.695. The molecule has 0 aromatic rings. The van der Waals surface area contributed by atoms with Crippen LogP contribution in [0, 0.1) is 0 Å². The lowest BCUT2D eigenvalue weighted by Crippen LogP contribution is -2.39. The van der Waals surface area contributed by atoms with Crippen molar-refractivity contribution in [3.05, 3.63) is 0 Å². The molecule has 0 aromatic carbocycles. The molecule has 0 aliphatic heterocycles. The molecule has 18 heavy (non-hydrogen) atoms. The zero-order valence-electron chi connectivity index (χ0n) is 10.8. The number of alkyl halides is 3. The van der Waals surface area contributed by atoms with Crippen LogP contribution in [-0.2, 0) is 0 Å². The van der Waals surface area contributed by atoms with E-state index in [1.165, 1.54) is 11.9 Å². The second-order valence-electron chi connectivity index (χ2n) is 4.53. The van der Waals surface area contributed by atoms with Gasteiger partial charge in [-0.25, -0.2) is 0 Å². The lowest BCUT2D eigenvalue weighted by atomic mass is 10.5. The molecule has 106 valence electrons. The molecule has 4 nitrogen and oxygen atoms in total. The van der Waals surface area contributed by atoms with Gasteiger partial charge in [-0.15, -0.1) is 0 Å². The largest absolute Gasteiger partial charge is 0.401 e. The van der Waals surface area contributed by atoms with Crippen LogP contribution in [0.1, 0.15) is 19.8 Å². The number of hydrogen-bond acceptors (Lipinski definition) is 2. The molecule has 0 bridgehead atoms. The molecule has 1 aliphatic rings. The van der Waals surface area contributed by atoms with Gasteiger partial charge in [0.15, 0.2) is 5.96 Å². The van der Waals surface area contributed by atoms with Gasteiger partial charge in [0.25, 0.3) is 0 Å². The highest BCUT2D eigenvalue weighted by molar-refractivity contribution is 5.80. The molecule has 1 fully saturated rings. The molecule has 1 rings (SSSR count). The lowest BCUT2D eigenvalue weighted by molar-refractivity contribution is -0.142. The second kappa shape index (κ2) is 6.82. The first-order valence-electron chi connectivity index (χ1n) is 6.21. The Bertz CT molecular complexity index is 274. The van der Waals surface area contributed by atoms with E-state index in [2.05, 4.69) is 15.6 Å². The van der Waals surface area contributed by atoms with Gasteiger partial charge in [-0.3, -0.25) is 9.89 Å². The average molecular weight is 266 g/mol. The van der Waals surface area contributed by atoms with E-state index in [0.717, 1.165) is 19.4 Å². The van der Waals surface area contributed by atoms with Crippen molar-refractivity contribution in [2.75, 3.05) is 33.2 Å². The van der Waals surface area contributed by atoms with Crippen molar-refractivity contribution in [3.8, 4) is 0 Å². The van der Waals surface area contributed by atoms with Gasteiger partial charge < -0.3 is 10.6 Å². The molecule has 0 amide bonds. The molecule has 0 radical (unpaired) electrons. The quantitative estimate of drug-likeness (QED) is 0.560. The summed E-state index contributed by atoms with van der Waals surface area (Å²) < 4.78 is 36.3. The predicted octanol–water partition coefficient (Wildman–Crippen LogP) is 1.20.